The van der Waals surface area contributed by atoms with Gasteiger partial charge in [-0.2, -0.15) is 0 Å². The van der Waals surface area contributed by atoms with Gasteiger partial charge in [-0.3, -0.25) is 0 Å². The molecular formula is C30H37ClF2N2. The lowest BCUT2D eigenvalue weighted by molar-refractivity contribution is 0.481. The summed E-state index contributed by atoms with van der Waals surface area (Å²) in [5.74, 6) is -0.606. The number of rotatable bonds is 6. The molecular weight excluding hydrogens is 462 g/mol. The Balaban J connectivity index is 1.99. The van der Waals surface area contributed by atoms with Crippen LogP contribution in [0.15, 0.2) is 48.5 Å². The van der Waals surface area contributed by atoms with E-state index in [1.54, 1.807) is 18.2 Å². The summed E-state index contributed by atoms with van der Waals surface area (Å²) in [7, 11) is 0. The Kier molecular flexibility index (Phi) is 7.30. The Morgan fingerprint density at radius 3 is 1.86 bits per heavy atom. The van der Waals surface area contributed by atoms with E-state index in [9.17, 15) is 8.78 Å². The van der Waals surface area contributed by atoms with Gasteiger partial charge in [-0.25, -0.2) is 8.78 Å². The van der Waals surface area contributed by atoms with Gasteiger partial charge < -0.3 is 11.5 Å². The second-order valence-corrected chi connectivity index (χ2v) is 12.2. The first kappa shape index (κ1) is 27.0. The van der Waals surface area contributed by atoms with Crippen molar-refractivity contribution in [1.29, 1.82) is 0 Å². The van der Waals surface area contributed by atoms with Gasteiger partial charge in [0.2, 0.25) is 0 Å². The molecule has 0 saturated heterocycles. The molecule has 5 heteroatoms. The molecule has 0 aromatic heterocycles. The highest BCUT2D eigenvalue weighted by atomic mass is 35.5. The van der Waals surface area contributed by atoms with Gasteiger partial charge in [-0.15, -0.1) is 0 Å². The van der Waals surface area contributed by atoms with Gasteiger partial charge in [0.1, 0.15) is 11.6 Å². The normalized spacial score (nSPS) is 12.7. The molecule has 188 valence electrons. The highest BCUT2D eigenvalue weighted by Crippen LogP contribution is 2.41. The quantitative estimate of drug-likeness (QED) is 0.337. The number of nitrogens with two attached hydrogens (primary N) is 2. The summed E-state index contributed by atoms with van der Waals surface area (Å²) >= 11 is 6.73. The molecule has 3 aromatic carbocycles. The third kappa shape index (κ3) is 5.48. The molecule has 0 aliphatic carbocycles. The summed E-state index contributed by atoms with van der Waals surface area (Å²) in [5.41, 5.74) is 16.4. The van der Waals surface area contributed by atoms with Crippen LogP contribution in [0, 0.1) is 11.6 Å². The molecule has 0 atom stereocenters. The van der Waals surface area contributed by atoms with E-state index in [1.165, 1.54) is 12.1 Å². The van der Waals surface area contributed by atoms with Crippen LogP contribution in [-0.2, 0) is 29.1 Å². The van der Waals surface area contributed by atoms with Crippen LogP contribution in [0.1, 0.15) is 76.3 Å². The van der Waals surface area contributed by atoms with Crippen LogP contribution in [0.25, 0.3) is 0 Å². The first-order valence-corrected chi connectivity index (χ1v) is 12.3. The lowest BCUT2D eigenvalue weighted by atomic mass is 9.74. The van der Waals surface area contributed by atoms with Gasteiger partial charge in [0.05, 0.1) is 5.02 Å². The van der Waals surface area contributed by atoms with E-state index in [4.69, 9.17) is 23.1 Å². The number of halogens is 3. The Morgan fingerprint density at radius 2 is 1.26 bits per heavy atom. The molecule has 35 heavy (non-hydrogen) atoms. The van der Waals surface area contributed by atoms with Crippen molar-refractivity contribution in [2.45, 2.75) is 77.6 Å². The molecule has 0 amide bonds. The SMILES string of the molecule is CC(C)(C)c1c(F)ccc(CC(C)(C)c2cccc(CC(C)(C)c3c(N)cccc3F)c2N)c1Cl. The third-order valence-corrected chi connectivity index (χ3v) is 7.27. The summed E-state index contributed by atoms with van der Waals surface area (Å²) in [6.07, 6.45) is 1.12. The zero-order valence-electron chi connectivity index (χ0n) is 21.8. The van der Waals surface area contributed by atoms with Gasteiger partial charge >= 0.3 is 0 Å². The summed E-state index contributed by atoms with van der Waals surface area (Å²) < 4.78 is 29.3. The average molecular weight is 499 g/mol. The largest absolute Gasteiger partial charge is 0.398 e. The maximum Gasteiger partial charge on any atom is 0.129 e. The Morgan fingerprint density at radius 1 is 0.686 bits per heavy atom. The van der Waals surface area contributed by atoms with E-state index in [2.05, 4.69) is 13.8 Å². The molecule has 0 bridgehead atoms. The van der Waals surface area contributed by atoms with E-state index >= 15 is 0 Å². The number of hydrogen-bond donors (Lipinski definition) is 2. The first-order chi connectivity index (χ1) is 16.1. The van der Waals surface area contributed by atoms with Crippen molar-refractivity contribution in [2.75, 3.05) is 11.5 Å². The van der Waals surface area contributed by atoms with Crippen LogP contribution in [0.4, 0.5) is 20.2 Å². The summed E-state index contributed by atoms with van der Waals surface area (Å²) in [6, 6.07) is 14.0. The van der Waals surface area contributed by atoms with Crippen molar-refractivity contribution in [3.8, 4) is 0 Å². The van der Waals surface area contributed by atoms with Crippen molar-refractivity contribution >= 4 is 23.0 Å². The second kappa shape index (κ2) is 9.46. The molecule has 3 aromatic rings. The molecule has 0 fully saturated rings. The number of para-hydroxylation sites is 1. The van der Waals surface area contributed by atoms with Gasteiger partial charge in [0, 0.05) is 22.5 Å². The van der Waals surface area contributed by atoms with E-state index < -0.39 is 10.8 Å². The first-order valence-electron chi connectivity index (χ1n) is 12.0. The summed E-state index contributed by atoms with van der Waals surface area (Å²) in [5, 5.41) is 0.469. The Bertz CT molecular complexity index is 1220. The molecule has 0 aliphatic heterocycles. The number of nitrogen functional groups attached to an aromatic ring is 2. The van der Waals surface area contributed by atoms with Crippen LogP contribution < -0.4 is 11.5 Å². The summed E-state index contributed by atoms with van der Waals surface area (Å²) in [4.78, 5) is 0. The topological polar surface area (TPSA) is 52.0 Å². The molecule has 0 saturated carbocycles. The van der Waals surface area contributed by atoms with Crippen molar-refractivity contribution in [3.63, 3.8) is 0 Å². The number of hydrogen-bond acceptors (Lipinski definition) is 2. The van der Waals surface area contributed by atoms with Crippen LogP contribution >= 0.6 is 11.6 Å². The molecule has 4 N–H and O–H groups in total. The Labute approximate surface area is 213 Å². The van der Waals surface area contributed by atoms with Crippen LogP contribution in [0.3, 0.4) is 0 Å². The minimum Gasteiger partial charge on any atom is -0.398 e. The van der Waals surface area contributed by atoms with E-state index in [0.29, 0.717) is 40.4 Å². The van der Waals surface area contributed by atoms with Crippen molar-refractivity contribution in [2.24, 2.45) is 0 Å². The second-order valence-electron chi connectivity index (χ2n) is 11.8. The van der Waals surface area contributed by atoms with Crippen molar-refractivity contribution in [1.82, 2.24) is 0 Å². The Hall–Kier alpha value is -2.59. The molecule has 2 nitrogen and oxygen atoms in total. The van der Waals surface area contributed by atoms with Gasteiger partial charge in [0.25, 0.3) is 0 Å². The van der Waals surface area contributed by atoms with Crippen molar-refractivity contribution in [3.05, 3.63) is 93.0 Å². The predicted molar refractivity (Wildman–Crippen MR) is 145 cm³/mol. The maximum absolute atomic E-state index is 14.7. The zero-order chi connectivity index (χ0) is 26.3. The molecule has 0 aliphatic rings. The van der Waals surface area contributed by atoms with E-state index in [1.807, 2.05) is 52.8 Å². The maximum atomic E-state index is 14.7. The fraction of sp³-hybridized carbons (Fsp3) is 0.400. The van der Waals surface area contributed by atoms with E-state index in [-0.39, 0.29) is 17.0 Å². The average Bonchev–Trinajstić information content (AvgIpc) is 2.70. The molecule has 3 rings (SSSR count). The zero-order valence-corrected chi connectivity index (χ0v) is 22.6. The fourth-order valence-corrected chi connectivity index (χ4v) is 5.67. The summed E-state index contributed by atoms with van der Waals surface area (Å²) in [6.45, 7) is 14.0. The molecule has 0 radical (unpaired) electrons. The van der Waals surface area contributed by atoms with E-state index in [0.717, 1.165) is 16.7 Å². The highest BCUT2D eigenvalue weighted by molar-refractivity contribution is 6.32. The molecule has 0 heterocycles. The van der Waals surface area contributed by atoms with Gasteiger partial charge in [0.15, 0.2) is 0 Å². The predicted octanol–water partition coefficient (Wildman–Crippen LogP) is 8.12. The van der Waals surface area contributed by atoms with Gasteiger partial charge in [-0.1, -0.05) is 90.4 Å². The number of anilines is 2. The molecule has 0 spiro atoms. The number of benzene rings is 3. The fourth-order valence-electron chi connectivity index (χ4n) is 5.17. The van der Waals surface area contributed by atoms with Crippen LogP contribution in [-0.4, -0.2) is 0 Å². The minimum atomic E-state index is -0.561. The van der Waals surface area contributed by atoms with Crippen LogP contribution in [0.2, 0.25) is 5.02 Å². The van der Waals surface area contributed by atoms with Crippen molar-refractivity contribution < 1.29 is 8.78 Å². The monoisotopic (exact) mass is 498 g/mol. The molecule has 0 unspecified atom stereocenters. The lowest BCUT2D eigenvalue weighted by Gasteiger charge is -2.32. The standard InChI is InChI=1S/C30H37ClF2N2/c1-28(2,3)25-22(33)15-14-18(26(25)31)16-29(4,5)20-11-8-10-19(27(20)35)17-30(6,7)24-21(32)12-9-13-23(24)34/h8-15H,16-17,34-35H2,1-7H3. The minimum absolute atomic E-state index is 0.291. The third-order valence-electron chi connectivity index (χ3n) is 6.83. The van der Waals surface area contributed by atoms with Crippen LogP contribution in [0.5, 0.6) is 0 Å². The van der Waals surface area contributed by atoms with Gasteiger partial charge in [-0.05, 0) is 64.0 Å². The lowest BCUT2D eigenvalue weighted by Crippen LogP contribution is -2.27. The smallest absolute Gasteiger partial charge is 0.129 e. The highest BCUT2D eigenvalue weighted by Gasteiger charge is 2.31.